The van der Waals surface area contributed by atoms with Crippen molar-refractivity contribution < 1.29 is 9.53 Å². The Balaban J connectivity index is 1.46. The molecule has 0 aromatic carbocycles. The van der Waals surface area contributed by atoms with Gasteiger partial charge in [-0.15, -0.1) is 0 Å². The third-order valence-corrected chi connectivity index (χ3v) is 3.32. The minimum Gasteiger partial charge on any atom is -0.460 e. The number of hydrogen-bond donors (Lipinski definition) is 1. The van der Waals surface area contributed by atoms with Crippen LogP contribution in [0.3, 0.4) is 0 Å². The molecule has 24 heavy (non-hydrogen) atoms. The molecule has 3 aromatic heterocycles. The number of nitrogens with one attached hydrogen (secondary N) is 1. The maximum Gasteiger partial charge on any atom is 0.339 e. The fourth-order valence-electron chi connectivity index (χ4n) is 2.10. The number of hydrogen-bond acceptors (Lipinski definition) is 6. The molecular weight excluding hydrogens is 304 g/mol. The van der Waals surface area contributed by atoms with E-state index in [2.05, 4.69) is 20.3 Å². The number of esters is 1. The predicted octanol–water partition coefficient (Wildman–Crippen LogP) is 2.81. The Kier molecular flexibility index (Phi) is 5.09. The highest BCUT2D eigenvalue weighted by molar-refractivity contribution is 5.88. The lowest BCUT2D eigenvalue weighted by Crippen LogP contribution is -2.14. The lowest BCUT2D eigenvalue weighted by molar-refractivity contribution is 0.0520. The van der Waals surface area contributed by atoms with E-state index < -0.39 is 0 Å². The van der Waals surface area contributed by atoms with E-state index in [-0.39, 0.29) is 12.6 Å². The summed E-state index contributed by atoms with van der Waals surface area (Å²) >= 11 is 0. The number of pyridine rings is 3. The van der Waals surface area contributed by atoms with Crippen molar-refractivity contribution in [3.8, 4) is 11.1 Å². The van der Waals surface area contributed by atoms with Gasteiger partial charge in [0.15, 0.2) is 0 Å². The molecule has 120 valence electrons. The summed E-state index contributed by atoms with van der Waals surface area (Å²) in [6.07, 6.45) is 8.38. The van der Waals surface area contributed by atoms with Crippen molar-refractivity contribution in [3.63, 3.8) is 0 Å². The third-order valence-electron chi connectivity index (χ3n) is 3.32. The average Bonchev–Trinajstić information content (AvgIpc) is 2.67. The third kappa shape index (κ3) is 4.13. The van der Waals surface area contributed by atoms with Crippen molar-refractivity contribution in [3.05, 3.63) is 72.9 Å². The quantitative estimate of drug-likeness (QED) is 0.556. The van der Waals surface area contributed by atoms with Crippen LogP contribution in [0.15, 0.2) is 67.4 Å². The number of anilines is 1. The van der Waals surface area contributed by atoms with Gasteiger partial charge in [-0.2, -0.15) is 0 Å². The van der Waals surface area contributed by atoms with Crippen molar-refractivity contribution in [1.29, 1.82) is 0 Å². The minimum absolute atomic E-state index is 0.252. The van der Waals surface area contributed by atoms with Gasteiger partial charge in [-0.3, -0.25) is 9.97 Å². The van der Waals surface area contributed by atoms with Crippen LogP contribution in [-0.4, -0.2) is 34.1 Å². The lowest BCUT2D eigenvalue weighted by atomic mass is 10.1. The Labute approximate surface area is 139 Å². The van der Waals surface area contributed by atoms with Gasteiger partial charge in [0, 0.05) is 36.5 Å². The molecule has 0 fully saturated rings. The molecule has 0 atom stereocenters. The van der Waals surface area contributed by atoms with Crippen molar-refractivity contribution in [1.82, 2.24) is 15.0 Å². The maximum absolute atomic E-state index is 11.7. The molecule has 0 unspecified atom stereocenters. The molecule has 0 aliphatic rings. The van der Waals surface area contributed by atoms with Crippen LogP contribution in [0.4, 0.5) is 5.82 Å². The van der Waals surface area contributed by atoms with Crippen LogP contribution in [0.1, 0.15) is 10.4 Å². The van der Waals surface area contributed by atoms with Gasteiger partial charge < -0.3 is 10.1 Å². The second-order valence-corrected chi connectivity index (χ2v) is 4.97. The van der Waals surface area contributed by atoms with Crippen LogP contribution in [0, 0.1) is 0 Å². The molecule has 6 nitrogen and oxygen atoms in total. The van der Waals surface area contributed by atoms with E-state index >= 15 is 0 Å². The Morgan fingerprint density at radius 1 is 0.958 bits per heavy atom. The predicted molar refractivity (Wildman–Crippen MR) is 90.5 cm³/mol. The zero-order valence-corrected chi connectivity index (χ0v) is 12.9. The van der Waals surface area contributed by atoms with Crippen LogP contribution in [0.5, 0.6) is 0 Å². The summed E-state index contributed by atoms with van der Waals surface area (Å²) in [5, 5.41) is 3.11. The Morgan fingerprint density at radius 2 is 1.83 bits per heavy atom. The Morgan fingerprint density at radius 3 is 2.54 bits per heavy atom. The summed E-state index contributed by atoms with van der Waals surface area (Å²) in [5.41, 5.74) is 2.53. The molecule has 0 aliphatic heterocycles. The van der Waals surface area contributed by atoms with E-state index in [1.165, 1.54) is 6.20 Å². The summed E-state index contributed by atoms with van der Waals surface area (Å²) < 4.78 is 5.17. The van der Waals surface area contributed by atoms with Crippen LogP contribution in [0.2, 0.25) is 0 Å². The van der Waals surface area contributed by atoms with E-state index in [1.54, 1.807) is 36.9 Å². The second-order valence-electron chi connectivity index (χ2n) is 4.97. The zero-order valence-electron chi connectivity index (χ0n) is 12.9. The maximum atomic E-state index is 11.7. The first kappa shape index (κ1) is 15.6. The molecule has 3 heterocycles. The molecule has 0 spiro atoms. The summed E-state index contributed by atoms with van der Waals surface area (Å²) in [6.45, 7) is 0.731. The van der Waals surface area contributed by atoms with Gasteiger partial charge in [0.2, 0.25) is 0 Å². The van der Waals surface area contributed by atoms with Gasteiger partial charge in [-0.25, -0.2) is 9.78 Å². The van der Waals surface area contributed by atoms with Gasteiger partial charge in [-0.1, -0.05) is 0 Å². The SMILES string of the molecule is O=C(OCCNc1ccc(-c2ccncc2)cn1)c1cccnc1. The molecular formula is C18H16N4O2. The van der Waals surface area contributed by atoms with Crippen molar-refractivity contribution in [2.45, 2.75) is 0 Å². The van der Waals surface area contributed by atoms with Crippen LogP contribution in [0.25, 0.3) is 11.1 Å². The van der Waals surface area contributed by atoms with Gasteiger partial charge in [0.1, 0.15) is 12.4 Å². The Bertz CT molecular complexity index is 777. The molecule has 3 rings (SSSR count). The molecule has 0 radical (unpaired) electrons. The molecule has 1 N–H and O–H groups in total. The molecule has 0 aliphatic carbocycles. The van der Waals surface area contributed by atoms with Crippen molar-refractivity contribution >= 4 is 11.8 Å². The minimum atomic E-state index is -0.383. The van der Waals surface area contributed by atoms with E-state index in [9.17, 15) is 4.79 Å². The highest BCUT2D eigenvalue weighted by atomic mass is 16.5. The van der Waals surface area contributed by atoms with Crippen molar-refractivity contribution in [2.75, 3.05) is 18.5 Å². The molecule has 0 amide bonds. The van der Waals surface area contributed by atoms with Crippen LogP contribution >= 0.6 is 0 Å². The zero-order chi connectivity index (χ0) is 16.6. The Hall–Kier alpha value is -3.28. The molecule has 0 bridgehead atoms. The lowest BCUT2D eigenvalue weighted by Gasteiger charge is -2.08. The standard InChI is InChI=1S/C18H16N4O2/c23-18(16-2-1-7-20-12-16)24-11-10-21-17-4-3-15(13-22-17)14-5-8-19-9-6-14/h1-9,12-13H,10-11H2,(H,21,22). The molecule has 0 saturated heterocycles. The number of carbonyl (C=O) groups is 1. The smallest absolute Gasteiger partial charge is 0.339 e. The summed E-state index contributed by atoms with van der Waals surface area (Å²) in [4.78, 5) is 24.0. The fourth-order valence-corrected chi connectivity index (χ4v) is 2.10. The number of carbonyl (C=O) groups excluding carboxylic acids is 1. The monoisotopic (exact) mass is 320 g/mol. The summed E-state index contributed by atoms with van der Waals surface area (Å²) in [6, 6.07) is 11.1. The van der Waals surface area contributed by atoms with E-state index in [0.717, 1.165) is 16.9 Å². The molecule has 0 saturated carbocycles. The second kappa shape index (κ2) is 7.82. The first-order valence-corrected chi connectivity index (χ1v) is 7.50. The van der Waals surface area contributed by atoms with Gasteiger partial charge >= 0.3 is 5.97 Å². The first-order chi connectivity index (χ1) is 11.8. The summed E-state index contributed by atoms with van der Waals surface area (Å²) in [5.74, 6) is 0.344. The number of rotatable bonds is 6. The normalized spacial score (nSPS) is 10.2. The number of ether oxygens (including phenoxy) is 1. The topological polar surface area (TPSA) is 77.0 Å². The van der Waals surface area contributed by atoms with Gasteiger partial charge in [0.25, 0.3) is 0 Å². The average molecular weight is 320 g/mol. The van der Waals surface area contributed by atoms with Crippen LogP contribution in [-0.2, 0) is 4.74 Å². The highest BCUT2D eigenvalue weighted by Crippen LogP contribution is 2.18. The first-order valence-electron chi connectivity index (χ1n) is 7.50. The molecule has 6 heteroatoms. The van der Waals surface area contributed by atoms with E-state index in [4.69, 9.17) is 4.74 Å². The van der Waals surface area contributed by atoms with Crippen molar-refractivity contribution in [2.24, 2.45) is 0 Å². The number of nitrogens with zero attached hydrogens (tertiary/aromatic N) is 3. The number of aromatic nitrogens is 3. The molecule has 3 aromatic rings. The van der Waals surface area contributed by atoms with Crippen LogP contribution < -0.4 is 5.32 Å². The largest absolute Gasteiger partial charge is 0.460 e. The van der Waals surface area contributed by atoms with Gasteiger partial charge in [0.05, 0.1) is 12.1 Å². The fraction of sp³-hybridized carbons (Fsp3) is 0.111. The van der Waals surface area contributed by atoms with E-state index in [0.29, 0.717) is 12.1 Å². The highest BCUT2D eigenvalue weighted by Gasteiger charge is 2.06. The van der Waals surface area contributed by atoms with Gasteiger partial charge in [-0.05, 0) is 42.0 Å². The van der Waals surface area contributed by atoms with E-state index in [1.807, 2.05) is 24.3 Å². The summed E-state index contributed by atoms with van der Waals surface area (Å²) in [7, 11) is 0.